The standard InChI is InChI=1S/C20H33NO2S.C16H25N2O/c1-5-7-12-20(13-8-6-2)14-11-17-15-18(21(3)4)9-10-19(17)24(22,23)16-20;1-2-6-16(7-3-1)19-15-5-4-11-18-12-8-17(9-13-18)10-14-18/h9-10,15H,5-8,11-14,16H2,1-4H3;1-3,6-7H,4-5,8-15H2/q;+1. The van der Waals surface area contributed by atoms with E-state index in [0.717, 1.165) is 75.0 Å². The van der Waals surface area contributed by atoms with Crippen LogP contribution in [-0.2, 0) is 16.3 Å². The van der Waals surface area contributed by atoms with Crippen LogP contribution in [0.4, 0.5) is 5.69 Å². The molecule has 0 aliphatic carbocycles. The van der Waals surface area contributed by atoms with Gasteiger partial charge in [0.15, 0.2) is 9.84 Å². The third-order valence-corrected chi connectivity index (χ3v) is 12.2. The molecule has 0 atom stereocenters. The van der Waals surface area contributed by atoms with Gasteiger partial charge in [0.05, 0.1) is 43.4 Å². The van der Waals surface area contributed by atoms with E-state index < -0.39 is 9.84 Å². The number of nitrogens with zero attached hydrogens (tertiary/aromatic N) is 3. The molecule has 0 aromatic heterocycles. The van der Waals surface area contributed by atoms with Gasteiger partial charge in [-0.25, -0.2) is 8.42 Å². The highest BCUT2D eigenvalue weighted by atomic mass is 32.2. The van der Waals surface area contributed by atoms with Crippen LogP contribution in [0.2, 0.25) is 0 Å². The van der Waals surface area contributed by atoms with E-state index in [2.05, 4.69) is 24.8 Å². The van der Waals surface area contributed by atoms with Gasteiger partial charge in [-0.2, -0.15) is 0 Å². The van der Waals surface area contributed by atoms with Crippen LogP contribution >= 0.6 is 0 Å². The monoisotopic (exact) mass is 612 g/mol. The zero-order valence-electron chi connectivity index (χ0n) is 27.5. The van der Waals surface area contributed by atoms with E-state index >= 15 is 0 Å². The molecule has 3 saturated heterocycles. The molecule has 6 nitrogen and oxygen atoms in total. The largest absolute Gasteiger partial charge is 0.494 e. The molecule has 0 saturated carbocycles. The highest BCUT2D eigenvalue weighted by Crippen LogP contribution is 2.43. The van der Waals surface area contributed by atoms with E-state index in [-0.39, 0.29) is 5.41 Å². The Bertz CT molecular complexity index is 1200. The zero-order valence-corrected chi connectivity index (χ0v) is 28.3. The Morgan fingerprint density at radius 2 is 1.53 bits per heavy atom. The molecule has 2 aromatic rings. The molecule has 7 heteroatoms. The molecule has 0 amide bonds. The van der Waals surface area contributed by atoms with E-state index in [4.69, 9.17) is 4.74 Å². The van der Waals surface area contributed by atoms with Gasteiger partial charge in [0.2, 0.25) is 0 Å². The zero-order chi connectivity index (χ0) is 30.8. The maximum atomic E-state index is 13.1. The number of hydrogen-bond acceptors (Lipinski definition) is 5. The van der Waals surface area contributed by atoms with Crippen molar-refractivity contribution in [3.8, 4) is 5.75 Å². The summed E-state index contributed by atoms with van der Waals surface area (Å²) in [5.41, 5.74) is 2.05. The Morgan fingerprint density at radius 1 is 0.884 bits per heavy atom. The van der Waals surface area contributed by atoms with Gasteiger partial charge in [0.1, 0.15) is 5.75 Å². The second-order valence-corrected chi connectivity index (χ2v) is 15.6. The van der Waals surface area contributed by atoms with Crippen molar-refractivity contribution in [2.24, 2.45) is 5.41 Å². The molecule has 2 bridgehead atoms. The van der Waals surface area contributed by atoms with Crippen molar-refractivity contribution in [3.63, 3.8) is 0 Å². The lowest BCUT2D eigenvalue weighted by Gasteiger charge is -2.50. The Labute approximate surface area is 262 Å². The third-order valence-electron chi connectivity index (χ3n) is 10.1. The van der Waals surface area contributed by atoms with Crippen LogP contribution in [0.1, 0.15) is 77.2 Å². The van der Waals surface area contributed by atoms with E-state index in [0.29, 0.717) is 10.6 Å². The van der Waals surface area contributed by atoms with Crippen molar-refractivity contribution in [2.75, 3.05) is 77.2 Å². The lowest BCUT2D eigenvalue weighted by Crippen LogP contribution is -2.67. The van der Waals surface area contributed by atoms with E-state index in [9.17, 15) is 8.42 Å². The highest BCUT2D eigenvalue weighted by Gasteiger charge is 2.39. The van der Waals surface area contributed by atoms with Crippen LogP contribution in [0.5, 0.6) is 5.75 Å². The summed E-state index contributed by atoms with van der Waals surface area (Å²) in [6.07, 6.45) is 10.9. The summed E-state index contributed by atoms with van der Waals surface area (Å²) in [5.74, 6) is 1.33. The summed E-state index contributed by atoms with van der Waals surface area (Å²) in [5, 5.41) is 0. The summed E-state index contributed by atoms with van der Waals surface area (Å²) < 4.78 is 33.3. The van der Waals surface area contributed by atoms with Crippen molar-refractivity contribution < 1.29 is 17.6 Å². The van der Waals surface area contributed by atoms with Crippen molar-refractivity contribution in [3.05, 3.63) is 54.1 Å². The van der Waals surface area contributed by atoms with E-state index in [1.165, 1.54) is 63.1 Å². The minimum absolute atomic E-state index is 0.0395. The van der Waals surface area contributed by atoms with Gasteiger partial charge in [-0.1, -0.05) is 57.7 Å². The van der Waals surface area contributed by atoms with Crippen LogP contribution in [0.15, 0.2) is 53.4 Å². The van der Waals surface area contributed by atoms with Crippen LogP contribution in [0, 0.1) is 5.41 Å². The van der Waals surface area contributed by atoms with E-state index in [1.807, 2.05) is 61.5 Å². The van der Waals surface area contributed by atoms with Gasteiger partial charge in [-0.15, -0.1) is 0 Å². The normalized spacial score (nSPS) is 23.4. The number of para-hydroxylation sites is 1. The molecule has 4 aliphatic rings. The first-order chi connectivity index (χ1) is 20.7. The number of benzene rings is 2. The van der Waals surface area contributed by atoms with Crippen molar-refractivity contribution in [1.82, 2.24) is 4.90 Å². The molecule has 0 spiro atoms. The van der Waals surface area contributed by atoms with Crippen LogP contribution < -0.4 is 9.64 Å². The predicted octanol–water partition coefficient (Wildman–Crippen LogP) is 6.83. The SMILES string of the molecule is CCCCC1(CCCC)CCc2cc(N(C)C)ccc2S(=O)(=O)C1.c1ccc(OCCCC[N+]23CCN(CC2)CC3)cc1. The second-order valence-electron chi connectivity index (χ2n) is 13.6. The predicted molar refractivity (Wildman–Crippen MR) is 180 cm³/mol. The first-order valence-electron chi connectivity index (χ1n) is 17.0. The average Bonchev–Trinajstić information content (AvgIpc) is 3.13. The number of unbranched alkanes of at least 4 members (excludes halogenated alkanes) is 3. The number of anilines is 1. The fraction of sp³-hybridized carbons (Fsp3) is 0.667. The van der Waals surface area contributed by atoms with Gasteiger partial charge in [-0.05, 0) is 79.8 Å². The molecule has 43 heavy (non-hydrogen) atoms. The van der Waals surface area contributed by atoms with Gasteiger partial charge in [0, 0.05) is 39.4 Å². The molecular weight excluding hydrogens is 554 g/mol. The number of hydrogen-bond donors (Lipinski definition) is 0. The quantitative estimate of drug-likeness (QED) is 0.183. The number of sulfone groups is 1. The molecular formula is C36H58N3O3S+. The molecule has 0 radical (unpaired) electrons. The maximum absolute atomic E-state index is 13.1. The number of aryl methyl sites for hydroxylation is 1. The summed E-state index contributed by atoms with van der Waals surface area (Å²) >= 11 is 0. The topological polar surface area (TPSA) is 49.9 Å². The average molecular weight is 613 g/mol. The Kier molecular flexibility index (Phi) is 12.4. The molecule has 2 aromatic carbocycles. The number of piperazine rings is 3. The lowest BCUT2D eigenvalue weighted by molar-refractivity contribution is -0.941. The lowest BCUT2D eigenvalue weighted by atomic mass is 9.75. The number of rotatable bonds is 13. The van der Waals surface area contributed by atoms with Crippen molar-refractivity contribution >= 4 is 15.5 Å². The highest BCUT2D eigenvalue weighted by molar-refractivity contribution is 7.91. The van der Waals surface area contributed by atoms with Crippen LogP contribution in [-0.4, -0.2) is 90.1 Å². The maximum Gasteiger partial charge on any atom is 0.179 e. The Balaban J connectivity index is 0.000000202. The van der Waals surface area contributed by atoms with Gasteiger partial charge < -0.3 is 14.1 Å². The first-order valence-corrected chi connectivity index (χ1v) is 18.6. The molecule has 3 fully saturated rings. The number of fused-ring (bicyclic) bond motifs is 4. The molecule has 4 aliphatic heterocycles. The fourth-order valence-corrected chi connectivity index (χ4v) is 9.47. The van der Waals surface area contributed by atoms with Gasteiger partial charge in [-0.3, -0.25) is 4.90 Å². The van der Waals surface area contributed by atoms with Crippen molar-refractivity contribution in [1.29, 1.82) is 0 Å². The molecule has 240 valence electrons. The smallest absolute Gasteiger partial charge is 0.179 e. The molecule has 4 heterocycles. The Morgan fingerprint density at radius 3 is 2.14 bits per heavy atom. The van der Waals surface area contributed by atoms with Crippen LogP contribution in [0.25, 0.3) is 0 Å². The number of ether oxygens (including phenoxy) is 1. The van der Waals surface area contributed by atoms with Gasteiger partial charge in [0.25, 0.3) is 0 Å². The summed E-state index contributed by atoms with van der Waals surface area (Å²) in [6, 6.07) is 16.0. The van der Waals surface area contributed by atoms with Crippen molar-refractivity contribution in [2.45, 2.75) is 83.0 Å². The third kappa shape index (κ3) is 9.45. The molecule has 0 N–H and O–H groups in total. The minimum atomic E-state index is -3.21. The first kappa shape index (κ1) is 33.8. The van der Waals surface area contributed by atoms with Crippen LogP contribution in [0.3, 0.4) is 0 Å². The second kappa shape index (κ2) is 15.8. The molecule has 6 rings (SSSR count). The summed E-state index contributed by atoms with van der Waals surface area (Å²) in [4.78, 5) is 5.22. The van der Waals surface area contributed by atoms with E-state index in [1.54, 1.807) is 0 Å². The number of quaternary nitrogens is 1. The van der Waals surface area contributed by atoms with Gasteiger partial charge >= 0.3 is 0 Å². The summed E-state index contributed by atoms with van der Waals surface area (Å²) in [6.45, 7) is 14.7. The fourth-order valence-electron chi connectivity index (χ4n) is 7.24. The Hall–Kier alpha value is -2.09. The summed E-state index contributed by atoms with van der Waals surface area (Å²) in [7, 11) is 0.792. The minimum Gasteiger partial charge on any atom is -0.494 e. The molecule has 0 unspecified atom stereocenters.